The lowest BCUT2D eigenvalue weighted by atomic mass is 9.80. The smallest absolute Gasteiger partial charge is 0.261 e. The molecule has 2 aliphatic rings. The number of nitrogens with one attached hydrogen (secondary N) is 1. The second kappa shape index (κ2) is 7.94. The van der Waals surface area contributed by atoms with Crippen LogP contribution in [-0.2, 0) is 15.9 Å². The maximum Gasteiger partial charge on any atom is 0.261 e. The quantitative estimate of drug-likeness (QED) is 0.636. The van der Waals surface area contributed by atoms with Crippen molar-refractivity contribution in [3.63, 3.8) is 0 Å². The fraction of sp³-hybridized carbons (Fsp3) is 0.360. The van der Waals surface area contributed by atoms with Gasteiger partial charge in [-0.05, 0) is 48.9 Å². The van der Waals surface area contributed by atoms with E-state index in [4.69, 9.17) is 9.47 Å². The van der Waals surface area contributed by atoms with Gasteiger partial charge in [0.25, 0.3) is 11.8 Å². The summed E-state index contributed by atoms with van der Waals surface area (Å²) in [5, 5.41) is 1.18. The monoisotopic (exact) mass is 418 g/mol. The zero-order valence-electron chi connectivity index (χ0n) is 17.7. The Morgan fingerprint density at radius 1 is 1.06 bits per heavy atom. The molecule has 2 aliphatic heterocycles. The number of ether oxygens (including phenoxy) is 2. The van der Waals surface area contributed by atoms with Crippen molar-refractivity contribution >= 4 is 22.7 Å². The molecule has 6 nitrogen and oxygen atoms in total. The topological polar surface area (TPSA) is 71.6 Å². The van der Waals surface area contributed by atoms with Crippen LogP contribution in [0.2, 0.25) is 0 Å². The Labute approximate surface area is 181 Å². The van der Waals surface area contributed by atoms with Crippen LogP contribution in [0.15, 0.2) is 54.6 Å². The molecule has 1 fully saturated rings. The number of methoxy groups -OCH3 is 1. The number of para-hydroxylation sites is 1. The Kier molecular flexibility index (Phi) is 5.12. The summed E-state index contributed by atoms with van der Waals surface area (Å²) in [6.45, 7) is 2.35. The van der Waals surface area contributed by atoms with Crippen LogP contribution in [0.25, 0.3) is 10.9 Å². The summed E-state index contributed by atoms with van der Waals surface area (Å²) in [5.41, 5.74) is 3.22. The Balaban J connectivity index is 1.41. The van der Waals surface area contributed by atoms with E-state index in [1.165, 1.54) is 10.3 Å². The summed E-state index contributed by atoms with van der Waals surface area (Å²) >= 11 is 0. The van der Waals surface area contributed by atoms with Crippen LogP contribution in [0.1, 0.15) is 39.8 Å². The van der Waals surface area contributed by atoms with Gasteiger partial charge in [-0.3, -0.25) is 14.5 Å². The Bertz CT molecular complexity index is 1070. The van der Waals surface area contributed by atoms with Crippen molar-refractivity contribution in [1.29, 1.82) is 0 Å². The SMILES string of the molecule is COC1C[C@@H](Cc2cc3ccccc3[nH]2)[C@@H](CN2C(=O)c3ccccc3C2=O)[C@H](C)O1. The fourth-order valence-electron chi connectivity index (χ4n) is 5.03. The molecule has 6 heteroatoms. The van der Waals surface area contributed by atoms with Gasteiger partial charge in [-0.15, -0.1) is 0 Å². The van der Waals surface area contributed by atoms with Crippen molar-refractivity contribution in [2.24, 2.45) is 11.8 Å². The van der Waals surface area contributed by atoms with Gasteiger partial charge in [-0.2, -0.15) is 0 Å². The number of nitrogens with zero attached hydrogens (tertiary/aromatic N) is 1. The molecule has 1 saturated heterocycles. The number of H-pyrrole nitrogens is 1. The number of fused-ring (bicyclic) bond motifs is 2. The van der Waals surface area contributed by atoms with Gasteiger partial charge >= 0.3 is 0 Å². The third-order valence-electron chi connectivity index (χ3n) is 6.67. The molecule has 0 spiro atoms. The third-order valence-corrected chi connectivity index (χ3v) is 6.67. The highest BCUT2D eigenvalue weighted by atomic mass is 16.7. The highest BCUT2D eigenvalue weighted by Gasteiger charge is 2.42. The van der Waals surface area contributed by atoms with E-state index in [-0.39, 0.29) is 36.0 Å². The Morgan fingerprint density at radius 3 is 2.42 bits per heavy atom. The van der Waals surface area contributed by atoms with Crippen molar-refractivity contribution < 1.29 is 19.1 Å². The molecule has 1 aromatic heterocycles. The van der Waals surface area contributed by atoms with E-state index in [1.807, 2.05) is 19.1 Å². The van der Waals surface area contributed by atoms with Gasteiger partial charge in [-0.25, -0.2) is 0 Å². The van der Waals surface area contributed by atoms with Crippen LogP contribution in [0, 0.1) is 11.8 Å². The second-order valence-corrected chi connectivity index (χ2v) is 8.52. The normalized spacial score (nSPS) is 25.9. The minimum atomic E-state index is -0.289. The van der Waals surface area contributed by atoms with Crippen molar-refractivity contribution in [1.82, 2.24) is 9.88 Å². The first kappa shape index (κ1) is 20.0. The molecular formula is C25H26N2O4. The zero-order valence-corrected chi connectivity index (χ0v) is 17.7. The lowest BCUT2D eigenvalue weighted by Gasteiger charge is -2.41. The predicted octanol–water partition coefficient (Wildman–Crippen LogP) is 4.02. The molecule has 31 heavy (non-hydrogen) atoms. The van der Waals surface area contributed by atoms with Gasteiger partial charge in [-0.1, -0.05) is 30.3 Å². The number of rotatable bonds is 5. The van der Waals surface area contributed by atoms with Crippen molar-refractivity contribution in [2.45, 2.75) is 32.2 Å². The van der Waals surface area contributed by atoms with E-state index in [1.54, 1.807) is 31.4 Å². The van der Waals surface area contributed by atoms with E-state index in [2.05, 4.69) is 23.2 Å². The first-order valence-electron chi connectivity index (χ1n) is 10.7. The van der Waals surface area contributed by atoms with Crippen LogP contribution in [0.5, 0.6) is 0 Å². The number of hydrogen-bond donors (Lipinski definition) is 1. The maximum absolute atomic E-state index is 12.9. The zero-order chi connectivity index (χ0) is 21.5. The summed E-state index contributed by atoms with van der Waals surface area (Å²) in [4.78, 5) is 30.7. The average molecular weight is 418 g/mol. The standard InChI is InChI=1S/C25H26N2O4/c1-15-21(14-27-24(28)19-8-4-5-9-20(19)25(27)29)17(13-23(30-2)31-15)12-18-11-16-7-3-6-10-22(16)26-18/h3-11,15,17,21,23,26H,12-14H2,1-2H3/t15-,17+,21-,23?/m0/s1. The van der Waals surface area contributed by atoms with Crippen LogP contribution < -0.4 is 0 Å². The second-order valence-electron chi connectivity index (χ2n) is 8.52. The van der Waals surface area contributed by atoms with E-state index >= 15 is 0 Å². The highest BCUT2D eigenvalue weighted by molar-refractivity contribution is 6.21. The number of benzene rings is 2. The van der Waals surface area contributed by atoms with Crippen molar-refractivity contribution in [3.8, 4) is 0 Å². The van der Waals surface area contributed by atoms with Crippen molar-refractivity contribution in [3.05, 3.63) is 71.4 Å². The molecule has 1 N–H and O–H groups in total. The first-order valence-corrected chi connectivity index (χ1v) is 10.7. The number of carbonyl (C=O) groups is 2. The summed E-state index contributed by atoms with van der Waals surface area (Å²) in [6.07, 6.45) is 1.08. The maximum atomic E-state index is 12.9. The molecule has 2 amide bonds. The van der Waals surface area contributed by atoms with Gasteiger partial charge in [0.15, 0.2) is 6.29 Å². The Hall–Kier alpha value is -2.96. The molecule has 3 aromatic rings. The minimum Gasteiger partial charge on any atom is -0.358 e. The fourth-order valence-corrected chi connectivity index (χ4v) is 5.03. The largest absolute Gasteiger partial charge is 0.358 e. The van der Waals surface area contributed by atoms with Crippen molar-refractivity contribution in [2.75, 3.05) is 13.7 Å². The molecule has 0 radical (unpaired) electrons. The molecule has 0 saturated carbocycles. The first-order chi connectivity index (χ1) is 15.0. The summed E-state index contributed by atoms with van der Waals surface area (Å²) in [7, 11) is 1.65. The van der Waals surface area contributed by atoms with E-state index in [0.29, 0.717) is 24.1 Å². The van der Waals surface area contributed by atoms with Gasteiger partial charge in [0, 0.05) is 37.2 Å². The number of aromatic nitrogens is 1. The molecule has 0 aliphatic carbocycles. The number of hydrogen-bond acceptors (Lipinski definition) is 4. The van der Waals surface area contributed by atoms with Crippen LogP contribution in [-0.4, -0.2) is 47.7 Å². The average Bonchev–Trinajstić information content (AvgIpc) is 3.29. The van der Waals surface area contributed by atoms with Gasteiger partial charge in [0.2, 0.25) is 0 Å². The number of aromatic amines is 1. The number of amides is 2. The molecular weight excluding hydrogens is 392 g/mol. The molecule has 2 aromatic carbocycles. The molecule has 160 valence electrons. The van der Waals surface area contributed by atoms with Crippen LogP contribution in [0.3, 0.4) is 0 Å². The molecule has 4 atom stereocenters. The van der Waals surface area contributed by atoms with Crippen LogP contribution in [0.4, 0.5) is 0 Å². The summed E-state index contributed by atoms with van der Waals surface area (Å²) in [5.74, 6) is -0.219. The molecule has 0 bridgehead atoms. The molecule has 1 unspecified atom stereocenters. The van der Waals surface area contributed by atoms with Crippen LogP contribution >= 0.6 is 0 Å². The van der Waals surface area contributed by atoms with Gasteiger partial charge < -0.3 is 14.5 Å². The van der Waals surface area contributed by atoms with Gasteiger partial charge in [0.1, 0.15) is 0 Å². The molecule has 3 heterocycles. The number of carbonyl (C=O) groups excluding carboxylic acids is 2. The highest BCUT2D eigenvalue weighted by Crippen LogP contribution is 2.36. The predicted molar refractivity (Wildman–Crippen MR) is 117 cm³/mol. The lowest BCUT2D eigenvalue weighted by molar-refractivity contribution is -0.209. The minimum absolute atomic E-state index is 0.0139. The molecule has 5 rings (SSSR count). The number of imide groups is 1. The van der Waals surface area contributed by atoms with Gasteiger partial charge in [0.05, 0.1) is 17.2 Å². The lowest BCUT2D eigenvalue weighted by Crippen LogP contribution is -2.48. The summed E-state index contributed by atoms with van der Waals surface area (Å²) in [6, 6.07) is 17.4. The third kappa shape index (κ3) is 3.56. The van der Waals surface area contributed by atoms with E-state index in [9.17, 15) is 9.59 Å². The van der Waals surface area contributed by atoms with E-state index in [0.717, 1.165) is 17.6 Å². The summed E-state index contributed by atoms with van der Waals surface area (Å²) < 4.78 is 11.6. The van der Waals surface area contributed by atoms with E-state index < -0.39 is 0 Å². The Morgan fingerprint density at radius 2 is 1.74 bits per heavy atom.